The zero-order chi connectivity index (χ0) is 11.5. The predicted molar refractivity (Wildman–Crippen MR) is 54.6 cm³/mol. The Balaban J connectivity index is 2.59. The van der Waals surface area contributed by atoms with Crippen LogP contribution in [-0.2, 0) is 15.5 Å². The lowest BCUT2D eigenvalue weighted by Crippen LogP contribution is -2.15. The summed E-state index contributed by atoms with van der Waals surface area (Å²) in [4.78, 5) is 0. The van der Waals surface area contributed by atoms with Crippen molar-refractivity contribution in [1.29, 1.82) is 0 Å². The van der Waals surface area contributed by atoms with Crippen molar-refractivity contribution in [2.24, 2.45) is 0 Å². The van der Waals surface area contributed by atoms with Crippen LogP contribution in [-0.4, -0.2) is 20.3 Å². The van der Waals surface area contributed by atoms with Gasteiger partial charge in [-0.1, -0.05) is 12.1 Å². The second-order valence-corrected chi connectivity index (χ2v) is 5.95. The maximum absolute atomic E-state index is 13.1. The first-order chi connectivity index (χ1) is 6.87. The van der Waals surface area contributed by atoms with Crippen molar-refractivity contribution in [3.8, 4) is 0 Å². The van der Waals surface area contributed by atoms with Crippen LogP contribution in [0.1, 0.15) is 5.56 Å². The molecule has 0 fully saturated rings. The van der Waals surface area contributed by atoms with E-state index in [1.807, 2.05) is 0 Å². The molecule has 0 aliphatic rings. The molecular formula is C9H9ClF2O2S. The van der Waals surface area contributed by atoms with Crippen LogP contribution in [0.4, 0.5) is 8.78 Å². The van der Waals surface area contributed by atoms with E-state index in [-0.39, 0.29) is 6.42 Å². The Morgan fingerprint density at radius 2 is 1.80 bits per heavy atom. The molecule has 1 rings (SSSR count). The summed E-state index contributed by atoms with van der Waals surface area (Å²) in [5.74, 6) is -1.15. The number of hydrogen-bond donors (Lipinski definition) is 0. The Kier molecular flexibility index (Phi) is 4.04. The first kappa shape index (κ1) is 12.4. The van der Waals surface area contributed by atoms with Gasteiger partial charge in [-0.15, -0.1) is 0 Å². The summed E-state index contributed by atoms with van der Waals surface area (Å²) in [5, 5.41) is 0. The normalized spacial score (nSPS) is 13.8. The summed E-state index contributed by atoms with van der Waals surface area (Å²) >= 11 is 0. The summed E-state index contributed by atoms with van der Waals surface area (Å²) < 4.78 is 46.7. The van der Waals surface area contributed by atoms with Crippen LogP contribution < -0.4 is 0 Å². The Bertz CT molecular complexity index is 416. The van der Waals surface area contributed by atoms with Gasteiger partial charge in [0.1, 0.15) is 12.0 Å². The van der Waals surface area contributed by atoms with Crippen LogP contribution in [0.3, 0.4) is 0 Å². The highest BCUT2D eigenvalue weighted by molar-refractivity contribution is 8.13. The van der Waals surface area contributed by atoms with Gasteiger partial charge in [0.25, 0.3) is 0 Å². The lowest BCUT2D eigenvalue weighted by atomic mass is 10.1. The fraction of sp³-hybridized carbons (Fsp3) is 0.333. The number of benzene rings is 1. The third-order valence-corrected chi connectivity index (χ3v) is 2.89. The molecule has 1 aromatic carbocycles. The minimum Gasteiger partial charge on any atom is -0.246 e. The zero-order valence-electron chi connectivity index (χ0n) is 7.66. The number of halogens is 3. The molecule has 0 spiro atoms. The molecule has 0 aromatic heterocycles. The minimum absolute atomic E-state index is 0.0910. The van der Waals surface area contributed by atoms with Crippen molar-refractivity contribution in [3.05, 3.63) is 35.6 Å². The maximum atomic E-state index is 13.1. The molecule has 1 atom stereocenters. The molecular weight excluding hydrogens is 246 g/mol. The van der Waals surface area contributed by atoms with E-state index in [0.29, 0.717) is 5.56 Å². The predicted octanol–water partition coefficient (Wildman–Crippen LogP) is 2.27. The van der Waals surface area contributed by atoms with E-state index in [0.717, 1.165) is 0 Å². The van der Waals surface area contributed by atoms with Crippen molar-refractivity contribution in [2.75, 3.05) is 5.75 Å². The molecule has 0 saturated heterocycles. The largest absolute Gasteiger partial charge is 0.246 e. The second kappa shape index (κ2) is 4.90. The Labute approximate surface area is 91.3 Å². The zero-order valence-corrected chi connectivity index (χ0v) is 9.23. The first-order valence-corrected chi connectivity index (χ1v) is 6.65. The van der Waals surface area contributed by atoms with Crippen LogP contribution in [0, 0.1) is 5.82 Å². The smallest absolute Gasteiger partial charge is 0.235 e. The topological polar surface area (TPSA) is 34.1 Å². The summed E-state index contributed by atoms with van der Waals surface area (Å²) in [7, 11) is 1.06. The molecule has 0 N–H and O–H groups in total. The van der Waals surface area contributed by atoms with Crippen LogP contribution in [0.5, 0.6) is 0 Å². The Hall–Kier alpha value is -0.680. The third kappa shape index (κ3) is 5.09. The molecule has 0 bridgehead atoms. The number of hydrogen-bond acceptors (Lipinski definition) is 2. The molecule has 2 nitrogen and oxygen atoms in total. The van der Waals surface area contributed by atoms with Gasteiger partial charge in [0.2, 0.25) is 9.05 Å². The van der Waals surface area contributed by atoms with Crippen molar-refractivity contribution >= 4 is 19.7 Å². The molecule has 0 amide bonds. The van der Waals surface area contributed by atoms with E-state index >= 15 is 0 Å². The molecule has 1 aromatic rings. The SMILES string of the molecule is O=S(=O)(Cl)CC(F)Cc1ccc(F)cc1. The van der Waals surface area contributed by atoms with Gasteiger partial charge in [0.15, 0.2) is 0 Å². The highest BCUT2D eigenvalue weighted by Gasteiger charge is 2.16. The summed E-state index contributed by atoms with van der Waals surface area (Å²) in [6.07, 6.45) is -1.66. The van der Waals surface area contributed by atoms with Gasteiger partial charge in [-0.05, 0) is 17.7 Å². The second-order valence-electron chi connectivity index (χ2n) is 3.13. The molecule has 0 saturated carbocycles. The van der Waals surface area contributed by atoms with Gasteiger partial charge in [0.05, 0.1) is 5.75 Å². The first-order valence-electron chi connectivity index (χ1n) is 4.17. The maximum Gasteiger partial charge on any atom is 0.235 e. The summed E-state index contributed by atoms with van der Waals surface area (Å²) in [5.41, 5.74) is 0.532. The van der Waals surface area contributed by atoms with Gasteiger partial charge in [0, 0.05) is 17.1 Å². The number of alkyl halides is 1. The third-order valence-electron chi connectivity index (χ3n) is 1.75. The van der Waals surface area contributed by atoms with E-state index in [9.17, 15) is 17.2 Å². The van der Waals surface area contributed by atoms with Crippen molar-refractivity contribution < 1.29 is 17.2 Å². The molecule has 1 unspecified atom stereocenters. The summed E-state index contributed by atoms with van der Waals surface area (Å²) in [6.45, 7) is 0. The van der Waals surface area contributed by atoms with Gasteiger partial charge in [-0.2, -0.15) is 0 Å². The number of rotatable bonds is 4. The minimum atomic E-state index is -3.83. The average molecular weight is 255 g/mol. The van der Waals surface area contributed by atoms with Crippen LogP contribution in [0.25, 0.3) is 0 Å². The van der Waals surface area contributed by atoms with Gasteiger partial charge in [-0.25, -0.2) is 17.2 Å². The standard InChI is InChI=1S/C9H9ClF2O2S/c10-15(13,14)6-9(12)5-7-1-3-8(11)4-2-7/h1-4,9H,5-6H2. The highest BCUT2D eigenvalue weighted by atomic mass is 35.7. The van der Waals surface area contributed by atoms with E-state index in [4.69, 9.17) is 10.7 Å². The molecule has 15 heavy (non-hydrogen) atoms. The van der Waals surface area contributed by atoms with Gasteiger partial charge >= 0.3 is 0 Å². The average Bonchev–Trinajstić information content (AvgIpc) is 2.05. The van der Waals surface area contributed by atoms with Crippen molar-refractivity contribution in [1.82, 2.24) is 0 Å². The van der Waals surface area contributed by atoms with Gasteiger partial charge in [-0.3, -0.25) is 0 Å². The monoisotopic (exact) mass is 254 g/mol. The molecule has 84 valence electrons. The van der Waals surface area contributed by atoms with E-state index in [1.165, 1.54) is 24.3 Å². The molecule has 0 heterocycles. The fourth-order valence-corrected chi connectivity index (χ4v) is 2.11. The van der Waals surface area contributed by atoms with Crippen molar-refractivity contribution in [2.45, 2.75) is 12.6 Å². The van der Waals surface area contributed by atoms with Crippen LogP contribution in [0.15, 0.2) is 24.3 Å². The van der Waals surface area contributed by atoms with Gasteiger partial charge < -0.3 is 0 Å². The molecule has 6 heteroatoms. The van der Waals surface area contributed by atoms with Crippen LogP contribution >= 0.6 is 10.7 Å². The quantitative estimate of drug-likeness (QED) is 0.773. The van der Waals surface area contributed by atoms with E-state index in [2.05, 4.69) is 0 Å². The van der Waals surface area contributed by atoms with Crippen LogP contribution in [0.2, 0.25) is 0 Å². The molecule has 0 aliphatic carbocycles. The Morgan fingerprint density at radius 3 is 2.27 bits per heavy atom. The molecule has 0 aliphatic heterocycles. The Morgan fingerprint density at radius 1 is 1.27 bits per heavy atom. The van der Waals surface area contributed by atoms with Crippen molar-refractivity contribution in [3.63, 3.8) is 0 Å². The highest BCUT2D eigenvalue weighted by Crippen LogP contribution is 2.11. The molecule has 0 radical (unpaired) electrons. The lowest BCUT2D eigenvalue weighted by Gasteiger charge is -2.05. The summed E-state index contributed by atoms with van der Waals surface area (Å²) in [6, 6.07) is 5.19. The fourth-order valence-electron chi connectivity index (χ4n) is 1.15. The lowest BCUT2D eigenvalue weighted by molar-refractivity contribution is 0.362. The van der Waals surface area contributed by atoms with E-state index < -0.39 is 26.8 Å². The van der Waals surface area contributed by atoms with E-state index in [1.54, 1.807) is 0 Å².